The summed E-state index contributed by atoms with van der Waals surface area (Å²) in [6.07, 6.45) is 1.96. The third kappa shape index (κ3) is 6.84. The van der Waals surface area contributed by atoms with Crippen molar-refractivity contribution in [3.8, 4) is 0 Å². The van der Waals surface area contributed by atoms with E-state index < -0.39 is 38.3 Å². The van der Waals surface area contributed by atoms with Gasteiger partial charge in [0.1, 0.15) is 5.84 Å². The monoisotopic (exact) mass is 462 g/mol. The molecule has 0 saturated carbocycles. The van der Waals surface area contributed by atoms with Gasteiger partial charge in [0.15, 0.2) is 17.3 Å². The summed E-state index contributed by atoms with van der Waals surface area (Å²) in [6.45, 7) is 3.74. The number of Topliss-reactive ketones (excluding diaryl/α,β-unsaturated/α-hetero) is 1. The molecule has 3 atom stereocenters. The van der Waals surface area contributed by atoms with Crippen molar-refractivity contribution in [2.24, 2.45) is 5.73 Å². The summed E-state index contributed by atoms with van der Waals surface area (Å²) in [6, 6.07) is 8.04. The molecule has 9 nitrogen and oxygen atoms in total. The van der Waals surface area contributed by atoms with Crippen molar-refractivity contribution in [3.05, 3.63) is 35.9 Å². The molecule has 0 radical (unpaired) electrons. The summed E-state index contributed by atoms with van der Waals surface area (Å²) in [5, 5.41) is 7.95. The van der Waals surface area contributed by atoms with Crippen LogP contribution in [0.15, 0.2) is 30.3 Å². The predicted octanol–water partition coefficient (Wildman–Crippen LogP) is 4.81. The molecule has 0 aliphatic carbocycles. The molecule has 170 valence electrons. The Hall–Kier alpha value is -1.34. The van der Waals surface area contributed by atoms with Gasteiger partial charge in [-0.05, 0) is 12.8 Å². The summed E-state index contributed by atoms with van der Waals surface area (Å²) in [7, 11) is -5.81. The van der Waals surface area contributed by atoms with Crippen molar-refractivity contribution in [1.29, 1.82) is 5.41 Å². The van der Waals surface area contributed by atoms with Crippen LogP contribution in [0.5, 0.6) is 0 Å². The van der Waals surface area contributed by atoms with Gasteiger partial charge in [-0.2, -0.15) is 0 Å². The molecule has 0 heterocycles. The zero-order chi connectivity index (χ0) is 22.8. The van der Waals surface area contributed by atoms with E-state index in [1.54, 1.807) is 18.2 Å². The molecule has 30 heavy (non-hydrogen) atoms. The molecular weight excluding hydrogens is 430 g/mol. The molecule has 1 aromatic rings. The lowest BCUT2D eigenvalue weighted by atomic mass is 10.1. The molecule has 3 N–H and O–H groups in total. The van der Waals surface area contributed by atoms with Crippen LogP contribution in [-0.2, 0) is 27.2 Å². The number of nitrogens with two attached hydrogens (primary N) is 1. The van der Waals surface area contributed by atoms with Crippen molar-refractivity contribution in [1.82, 2.24) is 0 Å². The van der Waals surface area contributed by atoms with Crippen molar-refractivity contribution >= 4 is 26.8 Å². The van der Waals surface area contributed by atoms with E-state index in [0.717, 1.165) is 6.42 Å². The first-order valence-electron chi connectivity index (χ1n) is 9.76. The second-order valence-electron chi connectivity index (χ2n) is 6.57. The van der Waals surface area contributed by atoms with Crippen molar-refractivity contribution < 1.29 is 32.0 Å². The smallest absolute Gasteiger partial charge is 0.359 e. The fourth-order valence-electron chi connectivity index (χ4n) is 2.71. The van der Waals surface area contributed by atoms with Gasteiger partial charge in [-0.1, -0.05) is 57.0 Å². The standard InChI is InChI=1S/C19H32N2O7P2/c1-5-7-14-27-30(24,28-16(11-6-2)29(23,25-3)26-4)18(19(20)21)17(22)15-12-9-8-10-13-15/h8-10,12-13,16,18H,5-7,11,14H2,1-4H3,(H3,20,21). The zero-order valence-corrected chi connectivity index (χ0v) is 19.7. The van der Waals surface area contributed by atoms with Crippen molar-refractivity contribution in [2.45, 2.75) is 51.0 Å². The molecule has 0 fully saturated rings. The van der Waals surface area contributed by atoms with Gasteiger partial charge in [-0.15, -0.1) is 0 Å². The van der Waals surface area contributed by atoms with Gasteiger partial charge in [0.25, 0.3) is 0 Å². The lowest BCUT2D eigenvalue weighted by Gasteiger charge is -2.31. The van der Waals surface area contributed by atoms with Crippen LogP contribution in [0.1, 0.15) is 49.9 Å². The average molecular weight is 462 g/mol. The van der Waals surface area contributed by atoms with Crippen LogP contribution in [0.3, 0.4) is 0 Å². The Balaban J connectivity index is 3.44. The highest BCUT2D eigenvalue weighted by atomic mass is 31.2. The van der Waals surface area contributed by atoms with Crippen LogP contribution in [0.25, 0.3) is 0 Å². The molecule has 0 aliphatic rings. The van der Waals surface area contributed by atoms with Crippen LogP contribution in [0.4, 0.5) is 0 Å². The Bertz CT molecular complexity index is 780. The molecule has 1 aromatic carbocycles. The largest absolute Gasteiger partial charge is 0.386 e. The molecule has 0 amide bonds. The van der Waals surface area contributed by atoms with Crippen LogP contribution in [0, 0.1) is 5.41 Å². The van der Waals surface area contributed by atoms with Gasteiger partial charge in [0, 0.05) is 19.8 Å². The van der Waals surface area contributed by atoms with E-state index in [9.17, 15) is 13.9 Å². The van der Waals surface area contributed by atoms with Gasteiger partial charge in [0.05, 0.1) is 6.61 Å². The molecule has 0 bridgehead atoms. The topological polar surface area (TPSA) is 138 Å². The SMILES string of the molecule is CCCCOP(=O)(OC(CCC)P(=O)(OC)OC)C(C(=N)N)C(=O)c1ccccc1. The number of hydrogen-bond donors (Lipinski definition) is 2. The minimum absolute atomic E-state index is 0.0166. The van der Waals surface area contributed by atoms with E-state index in [1.165, 1.54) is 26.4 Å². The minimum atomic E-state index is -4.38. The van der Waals surface area contributed by atoms with Gasteiger partial charge < -0.3 is 19.3 Å². The fourth-order valence-corrected chi connectivity index (χ4v) is 6.70. The highest BCUT2D eigenvalue weighted by Gasteiger charge is 2.49. The Morgan fingerprint density at radius 1 is 1.07 bits per heavy atom. The van der Waals surface area contributed by atoms with E-state index in [2.05, 4.69) is 0 Å². The maximum Gasteiger partial charge on any atom is 0.359 e. The summed E-state index contributed by atoms with van der Waals surface area (Å²) in [5.74, 6) is -2.60. The van der Waals surface area contributed by atoms with E-state index in [1.807, 2.05) is 13.8 Å². The Morgan fingerprint density at radius 3 is 2.13 bits per heavy atom. The maximum atomic E-state index is 13.9. The first kappa shape index (κ1) is 26.7. The molecule has 0 aliphatic heterocycles. The number of nitrogens with one attached hydrogen (secondary N) is 1. The third-order valence-corrected chi connectivity index (χ3v) is 8.84. The summed E-state index contributed by atoms with van der Waals surface area (Å²) in [4.78, 5) is 13.1. The van der Waals surface area contributed by atoms with Crippen molar-refractivity contribution in [3.63, 3.8) is 0 Å². The van der Waals surface area contributed by atoms with Gasteiger partial charge in [-0.3, -0.25) is 23.9 Å². The van der Waals surface area contributed by atoms with Gasteiger partial charge in [-0.25, -0.2) is 0 Å². The van der Waals surface area contributed by atoms with Crippen LogP contribution in [0.2, 0.25) is 0 Å². The number of hydrogen-bond acceptors (Lipinski definition) is 8. The van der Waals surface area contributed by atoms with Crippen LogP contribution in [-0.4, -0.2) is 43.9 Å². The highest BCUT2D eigenvalue weighted by molar-refractivity contribution is 7.59. The number of benzene rings is 1. The third-order valence-electron chi connectivity index (χ3n) is 4.35. The second-order valence-corrected chi connectivity index (χ2v) is 11.0. The number of carbonyl (C=O) groups is 1. The Morgan fingerprint density at radius 2 is 1.67 bits per heavy atom. The van der Waals surface area contributed by atoms with E-state index >= 15 is 0 Å². The number of unbranched alkanes of at least 4 members (excludes halogenated alkanes) is 1. The molecule has 0 saturated heterocycles. The highest BCUT2D eigenvalue weighted by Crippen LogP contribution is 2.63. The molecule has 0 aromatic heterocycles. The van der Waals surface area contributed by atoms with Crippen LogP contribution < -0.4 is 5.73 Å². The molecule has 3 unspecified atom stereocenters. The minimum Gasteiger partial charge on any atom is -0.386 e. The summed E-state index contributed by atoms with van der Waals surface area (Å²) in [5.41, 5.74) is 4.21. The number of amidine groups is 1. The molecule has 11 heteroatoms. The first-order chi connectivity index (χ1) is 14.2. The summed E-state index contributed by atoms with van der Waals surface area (Å²) < 4.78 is 48.2. The van der Waals surface area contributed by atoms with Crippen molar-refractivity contribution in [2.75, 3.05) is 20.8 Å². The van der Waals surface area contributed by atoms with Gasteiger partial charge in [0.2, 0.25) is 0 Å². The van der Waals surface area contributed by atoms with E-state index in [4.69, 9.17) is 29.2 Å². The lowest BCUT2D eigenvalue weighted by molar-refractivity contribution is 0.0974. The zero-order valence-electron chi connectivity index (χ0n) is 17.9. The average Bonchev–Trinajstić information content (AvgIpc) is 2.73. The van der Waals surface area contributed by atoms with E-state index in [0.29, 0.717) is 12.8 Å². The fraction of sp³-hybridized carbons (Fsp3) is 0.579. The Kier molecular flexibility index (Phi) is 11.1. The lowest BCUT2D eigenvalue weighted by Crippen LogP contribution is -2.37. The van der Waals surface area contributed by atoms with Gasteiger partial charge >= 0.3 is 15.2 Å². The maximum absolute atomic E-state index is 13.9. The normalized spacial score (nSPS) is 15.9. The quantitative estimate of drug-likeness (QED) is 0.124. The number of carbonyl (C=O) groups excluding carboxylic acids is 1. The molecule has 0 spiro atoms. The van der Waals surface area contributed by atoms with E-state index in [-0.39, 0.29) is 18.6 Å². The second kappa shape index (κ2) is 12.5. The van der Waals surface area contributed by atoms with Crippen LogP contribution >= 0.6 is 15.2 Å². The predicted molar refractivity (Wildman–Crippen MR) is 116 cm³/mol. The number of ketones is 1. The number of rotatable bonds is 15. The molecular formula is C19H32N2O7P2. The summed E-state index contributed by atoms with van der Waals surface area (Å²) >= 11 is 0. The molecule has 1 rings (SSSR count). The first-order valence-corrected chi connectivity index (χ1v) is 13.0. The Labute approximate surface area is 178 Å².